The van der Waals surface area contributed by atoms with Gasteiger partial charge in [-0.15, -0.1) is 22.7 Å². The van der Waals surface area contributed by atoms with E-state index in [9.17, 15) is 9.59 Å². The fourth-order valence-electron chi connectivity index (χ4n) is 3.29. The van der Waals surface area contributed by atoms with Crippen molar-refractivity contribution in [3.63, 3.8) is 0 Å². The molecule has 130 valence electrons. The molecule has 1 aliphatic rings. The van der Waals surface area contributed by atoms with Crippen molar-refractivity contribution < 1.29 is 9.59 Å². The number of carbonyl (C=O) groups is 2. The highest BCUT2D eigenvalue weighted by molar-refractivity contribution is 7.17. The normalized spacial score (nSPS) is 16.8. The number of aromatic nitrogens is 2. The maximum Gasteiger partial charge on any atom is 0.276 e. The lowest BCUT2D eigenvalue weighted by Gasteiger charge is -2.18. The third kappa shape index (κ3) is 2.85. The van der Waals surface area contributed by atoms with E-state index < -0.39 is 5.91 Å². The molecule has 3 heterocycles. The molecule has 0 fully saturated rings. The highest BCUT2D eigenvalue weighted by Gasteiger charge is 2.27. The molecule has 1 atom stereocenters. The molecule has 6 nitrogen and oxygen atoms in total. The van der Waals surface area contributed by atoms with Crippen LogP contribution in [0.25, 0.3) is 4.96 Å². The first kappa shape index (κ1) is 16.3. The van der Waals surface area contributed by atoms with E-state index >= 15 is 0 Å². The molecule has 3 aromatic heterocycles. The number of hydrogen-bond acceptors (Lipinski definition) is 5. The second-order valence-corrected chi connectivity index (χ2v) is 8.85. The number of anilines is 1. The standard InChI is InChI=1S/C17H18N4O2S2/c1-8-3-4-10-12(5-8)25-16(13(10)14(18)22)20-15(23)11-7-21-6-9(2)24-17(21)19-11/h6-8H,3-5H2,1-2H3,(H2,18,22)(H,20,23). The number of nitrogens with one attached hydrogen (secondary N) is 1. The molecular weight excluding hydrogens is 356 g/mol. The Morgan fingerprint density at radius 2 is 2.16 bits per heavy atom. The number of primary amides is 1. The second kappa shape index (κ2) is 5.96. The number of carbonyl (C=O) groups excluding carboxylic acids is 2. The number of aryl methyl sites for hydroxylation is 1. The minimum atomic E-state index is -0.483. The molecule has 0 saturated heterocycles. The molecule has 0 radical (unpaired) electrons. The van der Waals surface area contributed by atoms with Crippen LogP contribution >= 0.6 is 22.7 Å². The summed E-state index contributed by atoms with van der Waals surface area (Å²) in [4.78, 5) is 32.0. The number of imidazole rings is 1. The number of nitrogens with zero attached hydrogens (tertiary/aromatic N) is 2. The quantitative estimate of drug-likeness (QED) is 0.737. The summed E-state index contributed by atoms with van der Waals surface area (Å²) in [6.45, 7) is 4.19. The van der Waals surface area contributed by atoms with Crippen LogP contribution in [0.5, 0.6) is 0 Å². The van der Waals surface area contributed by atoms with Gasteiger partial charge in [0.1, 0.15) is 10.7 Å². The van der Waals surface area contributed by atoms with Crippen molar-refractivity contribution >= 4 is 44.4 Å². The van der Waals surface area contributed by atoms with Gasteiger partial charge in [0.2, 0.25) is 0 Å². The lowest BCUT2D eigenvalue weighted by Crippen LogP contribution is -2.19. The Hall–Kier alpha value is -2.19. The van der Waals surface area contributed by atoms with Crippen molar-refractivity contribution in [3.05, 3.63) is 39.0 Å². The molecule has 3 aromatic rings. The summed E-state index contributed by atoms with van der Waals surface area (Å²) in [5.41, 5.74) is 7.40. The van der Waals surface area contributed by atoms with Crippen LogP contribution in [-0.2, 0) is 12.8 Å². The fourth-order valence-corrected chi connectivity index (χ4v) is 5.51. The first-order valence-electron chi connectivity index (χ1n) is 8.13. The summed E-state index contributed by atoms with van der Waals surface area (Å²) in [7, 11) is 0. The number of fused-ring (bicyclic) bond motifs is 2. The van der Waals surface area contributed by atoms with E-state index in [0.29, 0.717) is 22.2 Å². The number of thiophene rings is 1. The molecule has 2 amide bonds. The Morgan fingerprint density at radius 1 is 1.36 bits per heavy atom. The van der Waals surface area contributed by atoms with Crippen LogP contribution in [-0.4, -0.2) is 21.2 Å². The summed E-state index contributed by atoms with van der Waals surface area (Å²) in [5.74, 6) is -0.218. The summed E-state index contributed by atoms with van der Waals surface area (Å²) in [6, 6.07) is 0. The van der Waals surface area contributed by atoms with Crippen molar-refractivity contribution in [2.24, 2.45) is 11.7 Å². The Balaban J connectivity index is 1.66. The molecule has 0 bridgehead atoms. The number of hydrogen-bond donors (Lipinski definition) is 2. The van der Waals surface area contributed by atoms with E-state index in [1.807, 2.05) is 17.5 Å². The molecule has 4 rings (SSSR count). The van der Waals surface area contributed by atoms with Gasteiger partial charge in [0.25, 0.3) is 11.8 Å². The Kier molecular flexibility index (Phi) is 3.88. The van der Waals surface area contributed by atoms with E-state index in [1.54, 1.807) is 6.20 Å². The van der Waals surface area contributed by atoms with Gasteiger partial charge in [0.05, 0.1) is 5.56 Å². The lowest BCUT2D eigenvalue weighted by atomic mass is 9.88. The molecule has 3 N–H and O–H groups in total. The molecular formula is C17H18N4O2S2. The molecule has 0 aromatic carbocycles. The van der Waals surface area contributed by atoms with Crippen molar-refractivity contribution in [1.29, 1.82) is 0 Å². The van der Waals surface area contributed by atoms with E-state index in [4.69, 9.17) is 5.73 Å². The van der Waals surface area contributed by atoms with Crippen LogP contribution < -0.4 is 11.1 Å². The Morgan fingerprint density at radius 3 is 2.88 bits per heavy atom. The average Bonchev–Trinajstić information content (AvgIpc) is 3.16. The fraction of sp³-hybridized carbons (Fsp3) is 0.353. The highest BCUT2D eigenvalue weighted by Crippen LogP contribution is 2.39. The first-order chi connectivity index (χ1) is 11.9. The molecule has 1 aliphatic carbocycles. The van der Waals surface area contributed by atoms with E-state index in [2.05, 4.69) is 17.2 Å². The molecule has 8 heteroatoms. The van der Waals surface area contributed by atoms with E-state index in [-0.39, 0.29) is 5.91 Å². The molecule has 25 heavy (non-hydrogen) atoms. The van der Waals surface area contributed by atoms with Gasteiger partial charge in [-0.1, -0.05) is 6.92 Å². The minimum absolute atomic E-state index is 0.317. The third-order valence-electron chi connectivity index (χ3n) is 4.49. The average molecular weight is 374 g/mol. The molecule has 0 saturated carbocycles. The number of amides is 2. The number of nitrogens with two attached hydrogens (primary N) is 1. The third-order valence-corrected chi connectivity index (χ3v) is 6.57. The summed E-state index contributed by atoms with van der Waals surface area (Å²) >= 11 is 2.99. The first-order valence-corrected chi connectivity index (χ1v) is 9.76. The van der Waals surface area contributed by atoms with E-state index in [1.165, 1.54) is 22.7 Å². The van der Waals surface area contributed by atoms with Crippen molar-refractivity contribution in [3.8, 4) is 0 Å². The van der Waals surface area contributed by atoms with Crippen LogP contribution in [0.3, 0.4) is 0 Å². The second-order valence-electron chi connectivity index (χ2n) is 6.53. The van der Waals surface area contributed by atoms with Crippen LogP contribution in [0.1, 0.15) is 49.5 Å². The summed E-state index contributed by atoms with van der Waals surface area (Å²) in [6.07, 6.45) is 6.43. The van der Waals surface area contributed by atoms with Crippen LogP contribution in [0.15, 0.2) is 12.4 Å². The molecule has 0 aliphatic heterocycles. The number of rotatable bonds is 3. The highest BCUT2D eigenvalue weighted by atomic mass is 32.1. The van der Waals surface area contributed by atoms with Gasteiger partial charge >= 0.3 is 0 Å². The van der Waals surface area contributed by atoms with Gasteiger partial charge < -0.3 is 11.1 Å². The lowest BCUT2D eigenvalue weighted by molar-refractivity contribution is 0.1000. The summed E-state index contributed by atoms with van der Waals surface area (Å²) < 4.78 is 1.84. The monoisotopic (exact) mass is 374 g/mol. The largest absolute Gasteiger partial charge is 0.365 e. The van der Waals surface area contributed by atoms with Crippen LogP contribution in [0.4, 0.5) is 5.00 Å². The van der Waals surface area contributed by atoms with Gasteiger partial charge in [-0.05, 0) is 37.7 Å². The van der Waals surface area contributed by atoms with Crippen molar-refractivity contribution in [2.45, 2.75) is 33.1 Å². The SMILES string of the molecule is Cc1cn2cc(C(=O)Nc3sc4c(c3C(N)=O)CCC(C)C4)nc2s1. The zero-order valence-corrected chi connectivity index (χ0v) is 15.6. The zero-order chi connectivity index (χ0) is 17.7. The van der Waals surface area contributed by atoms with Gasteiger partial charge in [-0.3, -0.25) is 14.0 Å². The van der Waals surface area contributed by atoms with Crippen molar-refractivity contribution in [1.82, 2.24) is 9.38 Å². The number of thiazole rings is 1. The van der Waals surface area contributed by atoms with Gasteiger partial charge in [0, 0.05) is 22.1 Å². The van der Waals surface area contributed by atoms with Crippen LogP contribution in [0.2, 0.25) is 0 Å². The maximum atomic E-state index is 12.6. The van der Waals surface area contributed by atoms with Gasteiger partial charge in [-0.25, -0.2) is 4.98 Å². The smallest absolute Gasteiger partial charge is 0.276 e. The topological polar surface area (TPSA) is 89.5 Å². The van der Waals surface area contributed by atoms with E-state index in [0.717, 1.165) is 39.5 Å². The zero-order valence-electron chi connectivity index (χ0n) is 14.0. The maximum absolute atomic E-state index is 12.6. The van der Waals surface area contributed by atoms with Crippen molar-refractivity contribution in [2.75, 3.05) is 5.32 Å². The summed E-state index contributed by atoms with van der Waals surface area (Å²) in [5, 5.41) is 3.40. The van der Waals surface area contributed by atoms with Crippen LogP contribution in [0, 0.1) is 12.8 Å². The molecule has 0 spiro atoms. The predicted octanol–water partition coefficient (Wildman–Crippen LogP) is 3.24. The van der Waals surface area contributed by atoms with Gasteiger partial charge in [-0.2, -0.15) is 0 Å². The van der Waals surface area contributed by atoms with Gasteiger partial charge in [0.15, 0.2) is 4.96 Å². The Labute approximate surface area is 152 Å². The predicted molar refractivity (Wildman–Crippen MR) is 99.8 cm³/mol. The Bertz CT molecular complexity index is 967. The minimum Gasteiger partial charge on any atom is -0.365 e. The molecule has 1 unspecified atom stereocenters.